The van der Waals surface area contributed by atoms with Gasteiger partial charge in [-0.2, -0.15) is 0 Å². The van der Waals surface area contributed by atoms with Crippen LogP contribution in [0.2, 0.25) is 5.02 Å². The number of benzene rings is 1. The third-order valence-corrected chi connectivity index (χ3v) is 4.27. The number of aliphatic hydroxyl groups is 1. The van der Waals surface area contributed by atoms with Crippen LogP contribution in [0.3, 0.4) is 0 Å². The summed E-state index contributed by atoms with van der Waals surface area (Å²) in [5, 5.41) is 9.27. The second kappa shape index (κ2) is 6.02. The van der Waals surface area contributed by atoms with Gasteiger partial charge in [-0.25, -0.2) is 13.1 Å². The molecule has 0 heterocycles. The Bertz CT molecular complexity index is 500. The molecule has 0 aromatic heterocycles. The number of aliphatic hydroxyl groups excluding tert-OH is 1. The summed E-state index contributed by atoms with van der Waals surface area (Å²) >= 11 is 5.77. The van der Waals surface area contributed by atoms with E-state index < -0.39 is 10.0 Å². The van der Waals surface area contributed by atoms with Gasteiger partial charge in [0.05, 0.1) is 4.90 Å². The summed E-state index contributed by atoms with van der Waals surface area (Å²) in [4.78, 5) is 0.148. The van der Waals surface area contributed by atoms with Crippen molar-refractivity contribution in [1.29, 1.82) is 0 Å². The molecule has 0 radical (unpaired) electrons. The first-order valence-corrected chi connectivity index (χ1v) is 7.49. The predicted molar refractivity (Wildman–Crippen MR) is 72.1 cm³/mol. The van der Waals surface area contributed by atoms with Crippen molar-refractivity contribution in [2.24, 2.45) is 5.41 Å². The molecule has 4 nitrogen and oxygen atoms in total. The van der Waals surface area contributed by atoms with Crippen LogP contribution in [0, 0.1) is 5.41 Å². The normalized spacial score (nSPS) is 12.7. The van der Waals surface area contributed by atoms with Crippen molar-refractivity contribution in [3.8, 4) is 0 Å². The fourth-order valence-electron chi connectivity index (χ4n) is 1.40. The maximum absolute atomic E-state index is 12.0. The van der Waals surface area contributed by atoms with Crippen LogP contribution in [0.1, 0.15) is 20.3 Å². The monoisotopic (exact) mass is 291 g/mol. The summed E-state index contributed by atoms with van der Waals surface area (Å²) < 4.78 is 26.5. The van der Waals surface area contributed by atoms with Crippen molar-refractivity contribution in [2.45, 2.75) is 25.2 Å². The first-order valence-electron chi connectivity index (χ1n) is 5.63. The summed E-state index contributed by atoms with van der Waals surface area (Å²) in [6.45, 7) is 4.09. The summed E-state index contributed by atoms with van der Waals surface area (Å²) in [7, 11) is -3.55. The molecule has 0 saturated heterocycles. The lowest BCUT2D eigenvalue weighted by Gasteiger charge is -2.23. The van der Waals surface area contributed by atoms with Crippen molar-refractivity contribution in [1.82, 2.24) is 4.72 Å². The minimum atomic E-state index is -3.55. The highest BCUT2D eigenvalue weighted by molar-refractivity contribution is 7.89. The molecule has 0 atom stereocenters. The van der Waals surface area contributed by atoms with E-state index in [1.807, 2.05) is 13.8 Å². The molecule has 0 bridgehead atoms. The lowest BCUT2D eigenvalue weighted by atomic mass is 9.90. The summed E-state index contributed by atoms with van der Waals surface area (Å²) in [5.74, 6) is 0. The van der Waals surface area contributed by atoms with Crippen molar-refractivity contribution in [3.05, 3.63) is 29.3 Å². The highest BCUT2D eigenvalue weighted by Crippen LogP contribution is 2.20. The van der Waals surface area contributed by atoms with E-state index in [-0.39, 0.29) is 23.5 Å². The van der Waals surface area contributed by atoms with Gasteiger partial charge in [0.2, 0.25) is 10.0 Å². The zero-order chi connectivity index (χ0) is 13.8. The van der Waals surface area contributed by atoms with Gasteiger partial charge in [-0.3, -0.25) is 0 Å². The molecule has 0 aliphatic rings. The van der Waals surface area contributed by atoms with Gasteiger partial charge in [-0.1, -0.05) is 31.5 Å². The molecule has 102 valence electrons. The number of nitrogens with one attached hydrogen (secondary N) is 1. The van der Waals surface area contributed by atoms with Crippen molar-refractivity contribution in [2.75, 3.05) is 13.2 Å². The molecule has 0 fully saturated rings. The van der Waals surface area contributed by atoms with Crippen molar-refractivity contribution < 1.29 is 13.5 Å². The number of sulfonamides is 1. The van der Waals surface area contributed by atoms with E-state index in [1.165, 1.54) is 12.1 Å². The van der Waals surface area contributed by atoms with Gasteiger partial charge in [-0.05, 0) is 30.0 Å². The van der Waals surface area contributed by atoms with Crippen LogP contribution in [-0.2, 0) is 10.0 Å². The van der Waals surface area contributed by atoms with Gasteiger partial charge in [0.1, 0.15) is 0 Å². The minimum Gasteiger partial charge on any atom is -0.396 e. The Morgan fingerprint density at radius 1 is 1.39 bits per heavy atom. The van der Waals surface area contributed by atoms with Crippen LogP contribution < -0.4 is 4.72 Å². The molecule has 0 spiro atoms. The minimum absolute atomic E-state index is 0.0336. The Morgan fingerprint density at radius 2 is 2.06 bits per heavy atom. The van der Waals surface area contributed by atoms with Gasteiger partial charge in [0.25, 0.3) is 0 Å². The molecule has 0 aliphatic carbocycles. The molecule has 1 rings (SSSR count). The molecule has 2 N–H and O–H groups in total. The third-order valence-electron chi connectivity index (χ3n) is 2.64. The predicted octanol–water partition coefficient (Wildman–Crippen LogP) is 2.03. The molecule has 0 aliphatic heterocycles. The molecule has 18 heavy (non-hydrogen) atoms. The van der Waals surface area contributed by atoms with Gasteiger partial charge >= 0.3 is 0 Å². The molecular formula is C12H18ClNO3S. The Kier molecular flexibility index (Phi) is 5.16. The Hall–Kier alpha value is -0.620. The van der Waals surface area contributed by atoms with E-state index in [1.54, 1.807) is 12.1 Å². The van der Waals surface area contributed by atoms with E-state index in [0.29, 0.717) is 11.4 Å². The highest BCUT2D eigenvalue weighted by atomic mass is 35.5. The van der Waals surface area contributed by atoms with Crippen molar-refractivity contribution >= 4 is 21.6 Å². The van der Waals surface area contributed by atoms with Crippen LogP contribution >= 0.6 is 11.6 Å². The number of halogens is 1. The van der Waals surface area contributed by atoms with Crippen LogP contribution in [0.4, 0.5) is 0 Å². The maximum Gasteiger partial charge on any atom is 0.240 e. The SMILES string of the molecule is CC(C)(CCO)CNS(=O)(=O)c1cccc(Cl)c1. The average molecular weight is 292 g/mol. The van der Waals surface area contributed by atoms with E-state index in [4.69, 9.17) is 16.7 Å². The molecule has 0 amide bonds. The molecule has 6 heteroatoms. The van der Waals surface area contributed by atoms with E-state index >= 15 is 0 Å². The first-order chi connectivity index (χ1) is 8.27. The number of rotatable bonds is 6. The van der Waals surface area contributed by atoms with Gasteiger partial charge in [0.15, 0.2) is 0 Å². The fraction of sp³-hybridized carbons (Fsp3) is 0.500. The first kappa shape index (κ1) is 15.4. The van der Waals surface area contributed by atoms with Crippen LogP contribution in [-0.4, -0.2) is 26.7 Å². The van der Waals surface area contributed by atoms with Gasteiger partial charge in [-0.15, -0.1) is 0 Å². The smallest absolute Gasteiger partial charge is 0.240 e. The maximum atomic E-state index is 12.0. The quantitative estimate of drug-likeness (QED) is 0.843. The average Bonchev–Trinajstić information content (AvgIpc) is 2.27. The number of hydrogen-bond donors (Lipinski definition) is 2. The molecule has 1 aromatic rings. The fourth-order valence-corrected chi connectivity index (χ4v) is 2.94. The second-order valence-electron chi connectivity index (χ2n) is 4.92. The number of hydrogen-bond acceptors (Lipinski definition) is 3. The van der Waals surface area contributed by atoms with Gasteiger partial charge < -0.3 is 5.11 Å². The Morgan fingerprint density at radius 3 is 2.61 bits per heavy atom. The topological polar surface area (TPSA) is 66.4 Å². The Balaban J connectivity index is 2.78. The summed E-state index contributed by atoms with van der Waals surface area (Å²) in [5.41, 5.74) is -0.291. The second-order valence-corrected chi connectivity index (χ2v) is 7.12. The van der Waals surface area contributed by atoms with Crippen LogP contribution in [0.25, 0.3) is 0 Å². The zero-order valence-electron chi connectivity index (χ0n) is 10.5. The third kappa shape index (κ3) is 4.57. The van der Waals surface area contributed by atoms with E-state index in [0.717, 1.165) is 0 Å². The van der Waals surface area contributed by atoms with E-state index in [2.05, 4.69) is 4.72 Å². The van der Waals surface area contributed by atoms with E-state index in [9.17, 15) is 8.42 Å². The lowest BCUT2D eigenvalue weighted by Crippen LogP contribution is -2.34. The molecule has 1 aromatic carbocycles. The summed E-state index contributed by atoms with van der Waals surface area (Å²) in [6, 6.07) is 6.11. The van der Waals surface area contributed by atoms with Crippen LogP contribution in [0.5, 0.6) is 0 Å². The zero-order valence-corrected chi connectivity index (χ0v) is 12.1. The standard InChI is InChI=1S/C12H18ClNO3S/c1-12(2,6-7-15)9-14-18(16,17)11-5-3-4-10(13)8-11/h3-5,8,14-15H,6-7,9H2,1-2H3. The molecule has 0 saturated carbocycles. The Labute approximate surface area is 113 Å². The summed E-state index contributed by atoms with van der Waals surface area (Å²) in [6.07, 6.45) is 0.533. The van der Waals surface area contributed by atoms with Crippen LogP contribution in [0.15, 0.2) is 29.2 Å². The lowest BCUT2D eigenvalue weighted by molar-refractivity contribution is 0.213. The largest absolute Gasteiger partial charge is 0.396 e. The molecular weight excluding hydrogens is 274 g/mol. The van der Waals surface area contributed by atoms with Gasteiger partial charge in [0, 0.05) is 18.2 Å². The van der Waals surface area contributed by atoms with Crippen molar-refractivity contribution in [3.63, 3.8) is 0 Å². The molecule has 0 unspecified atom stereocenters. The highest BCUT2D eigenvalue weighted by Gasteiger charge is 2.21.